The van der Waals surface area contributed by atoms with Gasteiger partial charge in [-0.2, -0.15) is 0 Å². The minimum atomic E-state index is -0.407. The van der Waals surface area contributed by atoms with Gasteiger partial charge in [-0.3, -0.25) is 4.79 Å². The zero-order valence-corrected chi connectivity index (χ0v) is 16.2. The van der Waals surface area contributed by atoms with Gasteiger partial charge in [0, 0.05) is 16.9 Å². The Kier molecular flexibility index (Phi) is 6.29. The minimum absolute atomic E-state index is 0.0975. The highest BCUT2D eigenvalue weighted by molar-refractivity contribution is 7.15. The fraction of sp³-hybridized carbons (Fsp3) is 0.450. The molecule has 1 fully saturated rings. The molecular formula is C20H26N2O3S. The molecule has 26 heavy (non-hydrogen) atoms. The molecule has 3 rings (SSSR count). The van der Waals surface area contributed by atoms with Crippen LogP contribution in [0.2, 0.25) is 0 Å². The van der Waals surface area contributed by atoms with E-state index in [4.69, 9.17) is 9.47 Å². The van der Waals surface area contributed by atoms with Gasteiger partial charge in [0.2, 0.25) is 5.91 Å². The molecule has 0 saturated carbocycles. The number of carbonyl (C=O) groups excluding carboxylic acids is 1. The Morgan fingerprint density at radius 3 is 2.54 bits per heavy atom. The van der Waals surface area contributed by atoms with Gasteiger partial charge in [0.15, 0.2) is 0 Å². The molecule has 140 valence electrons. The highest BCUT2D eigenvalue weighted by Crippen LogP contribution is 2.31. The first-order valence-corrected chi connectivity index (χ1v) is 9.70. The molecule has 0 aliphatic carbocycles. The smallest absolute Gasteiger partial charge is 0.228 e. The van der Waals surface area contributed by atoms with Crippen LogP contribution in [0.3, 0.4) is 0 Å². The van der Waals surface area contributed by atoms with E-state index in [9.17, 15) is 4.79 Å². The molecule has 0 unspecified atom stereocenters. The van der Waals surface area contributed by atoms with Crippen LogP contribution in [0.1, 0.15) is 17.7 Å². The Balaban J connectivity index is 1.62. The van der Waals surface area contributed by atoms with E-state index < -0.39 is 5.41 Å². The number of nitrogens with one attached hydrogen (secondary N) is 2. The molecule has 1 saturated heterocycles. The number of rotatable bonds is 7. The Bertz CT molecular complexity index is 715. The molecule has 5 nitrogen and oxygen atoms in total. The van der Waals surface area contributed by atoms with Crippen molar-refractivity contribution in [2.75, 3.05) is 33.9 Å². The lowest BCUT2D eigenvalue weighted by molar-refractivity contribution is -0.136. The molecule has 2 aromatic rings. The molecule has 1 aliphatic rings. The average molecular weight is 375 g/mol. The Morgan fingerprint density at radius 1 is 1.15 bits per heavy atom. The van der Waals surface area contributed by atoms with Crippen molar-refractivity contribution in [1.82, 2.24) is 10.6 Å². The minimum Gasteiger partial charge on any atom is -0.497 e. The third-order valence-corrected chi connectivity index (χ3v) is 6.06. The van der Waals surface area contributed by atoms with Crippen LogP contribution in [-0.4, -0.2) is 39.8 Å². The molecule has 2 N–H and O–H groups in total. The second kappa shape index (κ2) is 8.66. The van der Waals surface area contributed by atoms with E-state index in [1.807, 2.05) is 12.1 Å². The number of methoxy groups -OCH3 is 2. The summed E-state index contributed by atoms with van der Waals surface area (Å²) in [7, 11) is 3.33. The second-order valence-corrected chi connectivity index (χ2v) is 7.81. The summed E-state index contributed by atoms with van der Waals surface area (Å²) in [5.74, 6) is 0.948. The number of piperidine rings is 1. The molecule has 1 aliphatic heterocycles. The van der Waals surface area contributed by atoms with Crippen LogP contribution in [0.15, 0.2) is 36.4 Å². The van der Waals surface area contributed by atoms with Crippen molar-refractivity contribution < 1.29 is 14.3 Å². The number of benzene rings is 1. The molecule has 2 heterocycles. The predicted octanol–water partition coefficient (Wildman–Crippen LogP) is 3.06. The maximum atomic E-state index is 12.8. The van der Waals surface area contributed by atoms with Crippen LogP contribution in [-0.2, 0) is 16.1 Å². The van der Waals surface area contributed by atoms with Crippen LogP contribution in [0, 0.1) is 5.41 Å². The lowest BCUT2D eigenvalue weighted by Gasteiger charge is -2.35. The van der Waals surface area contributed by atoms with E-state index >= 15 is 0 Å². The van der Waals surface area contributed by atoms with E-state index in [2.05, 4.69) is 34.9 Å². The van der Waals surface area contributed by atoms with Gasteiger partial charge in [0.05, 0.1) is 25.7 Å². The number of thiophene rings is 1. The predicted molar refractivity (Wildman–Crippen MR) is 105 cm³/mol. The lowest BCUT2D eigenvalue weighted by atomic mass is 9.78. The van der Waals surface area contributed by atoms with Gasteiger partial charge >= 0.3 is 0 Å². The number of carbonyl (C=O) groups is 1. The highest BCUT2D eigenvalue weighted by atomic mass is 32.1. The second-order valence-electron chi connectivity index (χ2n) is 6.64. The van der Waals surface area contributed by atoms with Crippen molar-refractivity contribution in [2.45, 2.75) is 19.4 Å². The Morgan fingerprint density at radius 2 is 1.88 bits per heavy atom. The zero-order valence-electron chi connectivity index (χ0n) is 15.3. The van der Waals surface area contributed by atoms with Crippen LogP contribution in [0.4, 0.5) is 0 Å². The SMILES string of the molecule is COCC1(C(=O)NCc2ccc(-c3ccc(OC)cc3)s2)CCNCC1. The molecule has 6 heteroatoms. The van der Waals surface area contributed by atoms with Crippen LogP contribution >= 0.6 is 11.3 Å². The number of hydrogen-bond donors (Lipinski definition) is 2. The summed E-state index contributed by atoms with van der Waals surface area (Å²) in [6, 6.07) is 12.2. The van der Waals surface area contributed by atoms with E-state index in [1.54, 1.807) is 25.6 Å². The van der Waals surface area contributed by atoms with Crippen molar-refractivity contribution in [2.24, 2.45) is 5.41 Å². The van der Waals surface area contributed by atoms with Gasteiger partial charge in [-0.05, 0) is 67.9 Å². The van der Waals surface area contributed by atoms with Gasteiger partial charge in [0.25, 0.3) is 0 Å². The highest BCUT2D eigenvalue weighted by Gasteiger charge is 2.39. The first-order valence-electron chi connectivity index (χ1n) is 8.88. The largest absolute Gasteiger partial charge is 0.497 e. The number of ether oxygens (including phenoxy) is 2. The van der Waals surface area contributed by atoms with Crippen molar-refractivity contribution in [3.8, 4) is 16.2 Å². The number of hydrogen-bond acceptors (Lipinski definition) is 5. The quantitative estimate of drug-likeness (QED) is 0.782. The summed E-state index contributed by atoms with van der Waals surface area (Å²) < 4.78 is 10.5. The molecule has 0 atom stereocenters. The van der Waals surface area contributed by atoms with Crippen molar-refractivity contribution >= 4 is 17.2 Å². The summed E-state index contributed by atoms with van der Waals surface area (Å²) >= 11 is 1.70. The van der Waals surface area contributed by atoms with E-state index in [-0.39, 0.29) is 5.91 Å². The van der Waals surface area contributed by atoms with Gasteiger partial charge in [-0.25, -0.2) is 0 Å². The molecule has 1 aromatic carbocycles. The fourth-order valence-corrected chi connectivity index (χ4v) is 4.31. The third kappa shape index (κ3) is 4.26. The lowest BCUT2D eigenvalue weighted by Crippen LogP contribution is -2.49. The van der Waals surface area contributed by atoms with Crippen molar-refractivity contribution in [3.63, 3.8) is 0 Å². The molecule has 0 spiro atoms. The summed E-state index contributed by atoms with van der Waals surface area (Å²) in [6.07, 6.45) is 1.63. The van der Waals surface area contributed by atoms with E-state index in [0.29, 0.717) is 13.2 Å². The van der Waals surface area contributed by atoms with Crippen LogP contribution in [0.5, 0.6) is 5.75 Å². The van der Waals surface area contributed by atoms with Gasteiger partial charge in [0.1, 0.15) is 5.75 Å². The molecular weight excluding hydrogens is 348 g/mol. The Hall–Kier alpha value is -1.89. The maximum Gasteiger partial charge on any atom is 0.228 e. The first kappa shape index (κ1) is 18.9. The first-order chi connectivity index (χ1) is 12.7. The third-order valence-electron chi connectivity index (χ3n) is 4.92. The normalized spacial score (nSPS) is 16.2. The zero-order chi connectivity index (χ0) is 18.4. The molecule has 1 amide bonds. The van der Waals surface area contributed by atoms with E-state index in [0.717, 1.165) is 42.1 Å². The summed E-state index contributed by atoms with van der Waals surface area (Å²) in [4.78, 5) is 15.1. The van der Waals surface area contributed by atoms with Crippen LogP contribution < -0.4 is 15.4 Å². The van der Waals surface area contributed by atoms with Crippen molar-refractivity contribution in [3.05, 3.63) is 41.3 Å². The van der Waals surface area contributed by atoms with Crippen molar-refractivity contribution in [1.29, 1.82) is 0 Å². The monoisotopic (exact) mass is 374 g/mol. The topological polar surface area (TPSA) is 59.6 Å². The number of amides is 1. The fourth-order valence-electron chi connectivity index (χ4n) is 3.36. The van der Waals surface area contributed by atoms with Gasteiger partial charge in [-0.15, -0.1) is 11.3 Å². The molecule has 0 radical (unpaired) electrons. The Labute approximate surface area is 158 Å². The maximum absolute atomic E-state index is 12.8. The summed E-state index contributed by atoms with van der Waals surface area (Å²) in [5.41, 5.74) is 0.748. The average Bonchev–Trinajstić information content (AvgIpc) is 3.16. The summed E-state index contributed by atoms with van der Waals surface area (Å²) in [6.45, 7) is 2.75. The summed E-state index contributed by atoms with van der Waals surface area (Å²) in [5, 5.41) is 6.43. The van der Waals surface area contributed by atoms with Gasteiger partial charge < -0.3 is 20.1 Å². The van der Waals surface area contributed by atoms with Gasteiger partial charge in [-0.1, -0.05) is 0 Å². The van der Waals surface area contributed by atoms with E-state index in [1.165, 1.54) is 4.88 Å². The molecule has 0 bridgehead atoms. The standard InChI is InChI=1S/C20H26N2O3S/c1-24-14-20(9-11-21-12-10-20)19(23)22-13-17-7-8-18(26-17)15-3-5-16(25-2)6-4-15/h3-8,21H,9-14H2,1-2H3,(H,22,23). The van der Waals surface area contributed by atoms with Crippen LogP contribution in [0.25, 0.3) is 10.4 Å². The molecule has 1 aromatic heterocycles.